The maximum absolute atomic E-state index is 12.9. The normalized spacial score (nSPS) is 12.2. The number of ether oxygens (including phenoxy) is 1. The Balaban J connectivity index is 0.00000205. The van der Waals surface area contributed by atoms with Crippen LogP contribution in [-0.4, -0.2) is 28.8 Å². The number of hydrogen-bond acceptors (Lipinski definition) is 6. The van der Waals surface area contributed by atoms with Crippen molar-refractivity contribution in [2.45, 2.75) is 40.7 Å². The van der Waals surface area contributed by atoms with Crippen LogP contribution in [0.4, 0.5) is 16.2 Å². The highest BCUT2D eigenvalue weighted by Crippen LogP contribution is 2.21. The van der Waals surface area contributed by atoms with Crippen LogP contribution >= 0.6 is 11.6 Å². The first-order valence-corrected chi connectivity index (χ1v) is 15.8. The molecule has 1 unspecified atom stereocenters. The van der Waals surface area contributed by atoms with E-state index >= 15 is 0 Å². The number of carbonyl (C=O) groups is 3. The van der Waals surface area contributed by atoms with Crippen LogP contribution in [0.1, 0.15) is 62.1 Å². The Morgan fingerprint density at radius 1 is 0.840 bits per heavy atom. The zero-order valence-corrected chi connectivity index (χ0v) is 29.4. The minimum absolute atomic E-state index is 0.0421. The van der Waals surface area contributed by atoms with Crippen molar-refractivity contribution in [2.24, 2.45) is 5.73 Å². The van der Waals surface area contributed by atoms with Crippen LogP contribution in [0.5, 0.6) is 5.75 Å². The number of allylic oxidation sites excluding steroid dienone is 6. The van der Waals surface area contributed by atoms with Crippen LogP contribution in [0, 0.1) is 5.41 Å². The third-order valence-corrected chi connectivity index (χ3v) is 7.02. The van der Waals surface area contributed by atoms with Crippen LogP contribution < -0.4 is 31.7 Å². The quantitative estimate of drug-likeness (QED) is 0.0407. The van der Waals surface area contributed by atoms with Gasteiger partial charge in [-0.25, -0.2) is 4.79 Å². The van der Waals surface area contributed by atoms with Crippen molar-refractivity contribution in [1.29, 1.82) is 5.41 Å². The summed E-state index contributed by atoms with van der Waals surface area (Å²) in [5.41, 5.74) is 10.0. The van der Waals surface area contributed by atoms with Gasteiger partial charge in [0.1, 0.15) is 17.3 Å². The molecule has 0 aliphatic heterocycles. The van der Waals surface area contributed by atoms with Crippen LogP contribution in [0.15, 0.2) is 132 Å². The van der Waals surface area contributed by atoms with Crippen molar-refractivity contribution in [1.82, 2.24) is 10.6 Å². The molecule has 0 bridgehead atoms. The largest absolute Gasteiger partial charge is 0.481 e. The third kappa shape index (κ3) is 14.0. The molecule has 0 fully saturated rings. The standard InChI is InChI=1S/C36H39ClN6O3.C2H4O2/c1-6-28(37)16-9-23(4)46-31-21-19-29(20-22-31)41-35(44)27-12-10-25(11-13-27)24(5)40-32(7-2)33(8-3)43-36(45)42-30-17-14-26(15-18-30)34(38)39;1-2(3)4/h6-22,24,40H,4H2,1-3,5H3,(H3,38,39)(H,41,44)(H2,42,43,45);1H3,(H,3,4)/b16-9-,28-6+,32-7+,33-8+;. The number of carboxylic acid groups (broad SMARTS) is 1. The Kier molecular flexibility index (Phi) is 16.3. The molecule has 0 heterocycles. The molecule has 0 saturated carbocycles. The van der Waals surface area contributed by atoms with E-state index in [9.17, 15) is 9.59 Å². The number of benzene rings is 3. The lowest BCUT2D eigenvalue weighted by Gasteiger charge is -2.21. The molecule has 0 saturated heterocycles. The second kappa shape index (κ2) is 20.3. The molecule has 3 aromatic rings. The number of carbonyl (C=O) groups excluding carboxylic acids is 2. The van der Waals surface area contributed by atoms with Crippen LogP contribution in [0.3, 0.4) is 0 Å². The van der Waals surface area contributed by atoms with Gasteiger partial charge in [-0.1, -0.05) is 48.5 Å². The van der Waals surface area contributed by atoms with Gasteiger partial charge in [-0.2, -0.15) is 0 Å². The number of carboxylic acids is 1. The number of anilines is 2. The predicted octanol–water partition coefficient (Wildman–Crippen LogP) is 8.19. The summed E-state index contributed by atoms with van der Waals surface area (Å²) in [6.07, 6.45) is 8.80. The monoisotopic (exact) mass is 698 g/mol. The summed E-state index contributed by atoms with van der Waals surface area (Å²) in [4.78, 5) is 34.6. The highest BCUT2D eigenvalue weighted by Gasteiger charge is 2.14. The molecule has 0 aliphatic carbocycles. The molecule has 11 nitrogen and oxygen atoms in total. The molecule has 8 N–H and O–H groups in total. The Morgan fingerprint density at radius 3 is 1.88 bits per heavy atom. The van der Waals surface area contributed by atoms with E-state index in [0.717, 1.165) is 18.2 Å². The molecule has 0 radical (unpaired) electrons. The van der Waals surface area contributed by atoms with Gasteiger partial charge in [0.25, 0.3) is 11.9 Å². The fourth-order valence-corrected chi connectivity index (χ4v) is 4.20. The van der Waals surface area contributed by atoms with E-state index in [1.165, 1.54) is 0 Å². The lowest BCUT2D eigenvalue weighted by Crippen LogP contribution is -2.32. The van der Waals surface area contributed by atoms with Gasteiger partial charge in [0.15, 0.2) is 0 Å². The summed E-state index contributed by atoms with van der Waals surface area (Å²) in [5.74, 6) is -0.113. The van der Waals surface area contributed by atoms with E-state index in [0.29, 0.717) is 44.7 Å². The summed E-state index contributed by atoms with van der Waals surface area (Å²) >= 11 is 5.95. The molecule has 262 valence electrons. The van der Waals surface area contributed by atoms with Crippen molar-refractivity contribution in [2.75, 3.05) is 10.6 Å². The fourth-order valence-electron chi connectivity index (χ4n) is 4.13. The molecule has 12 heteroatoms. The number of halogens is 1. The molecular weight excluding hydrogens is 656 g/mol. The lowest BCUT2D eigenvalue weighted by molar-refractivity contribution is -0.134. The number of nitrogens with one attached hydrogen (secondary N) is 5. The van der Waals surface area contributed by atoms with E-state index in [4.69, 9.17) is 37.4 Å². The van der Waals surface area contributed by atoms with Gasteiger partial charge in [-0.05, 0) is 106 Å². The Bertz CT molecular complexity index is 1770. The van der Waals surface area contributed by atoms with Gasteiger partial charge in [0.05, 0.1) is 11.4 Å². The fraction of sp³-hybridized carbons (Fsp3) is 0.158. The molecule has 3 aromatic carbocycles. The van der Waals surface area contributed by atoms with E-state index in [-0.39, 0.29) is 17.8 Å². The van der Waals surface area contributed by atoms with Crippen molar-refractivity contribution in [3.63, 3.8) is 0 Å². The molecule has 0 aromatic heterocycles. The second-order valence-electron chi connectivity index (χ2n) is 10.5. The second-order valence-corrected chi connectivity index (χ2v) is 11.0. The Hall–Kier alpha value is -6.07. The molecule has 3 amide bonds. The summed E-state index contributed by atoms with van der Waals surface area (Å²) < 4.78 is 5.67. The Morgan fingerprint density at radius 2 is 1.36 bits per heavy atom. The number of hydrogen-bond donors (Lipinski definition) is 7. The smallest absolute Gasteiger partial charge is 0.323 e. The first-order chi connectivity index (χ1) is 23.8. The molecule has 50 heavy (non-hydrogen) atoms. The first-order valence-electron chi connectivity index (χ1n) is 15.5. The highest BCUT2D eigenvalue weighted by atomic mass is 35.5. The number of amidine groups is 1. The molecule has 0 aliphatic rings. The van der Waals surface area contributed by atoms with Gasteiger partial charge in [0.2, 0.25) is 0 Å². The topological polar surface area (TPSA) is 179 Å². The summed E-state index contributed by atoms with van der Waals surface area (Å²) in [7, 11) is 0. The van der Waals surface area contributed by atoms with Crippen molar-refractivity contribution >= 4 is 46.7 Å². The summed E-state index contributed by atoms with van der Waals surface area (Å²) in [5, 5.41) is 27.5. The van der Waals surface area contributed by atoms with Crippen molar-refractivity contribution in [3.05, 3.63) is 149 Å². The summed E-state index contributed by atoms with van der Waals surface area (Å²) in [6, 6.07) is 20.4. The summed E-state index contributed by atoms with van der Waals surface area (Å²) in [6.45, 7) is 12.5. The van der Waals surface area contributed by atoms with E-state index in [1.807, 2.05) is 45.9 Å². The molecule has 1 atom stereocenters. The van der Waals surface area contributed by atoms with E-state index in [2.05, 4.69) is 27.8 Å². The molecule has 0 spiro atoms. The van der Waals surface area contributed by atoms with E-state index in [1.54, 1.807) is 85.0 Å². The van der Waals surface area contributed by atoms with Gasteiger partial charge >= 0.3 is 6.03 Å². The van der Waals surface area contributed by atoms with Crippen molar-refractivity contribution in [3.8, 4) is 5.75 Å². The molecule has 3 rings (SSSR count). The maximum Gasteiger partial charge on any atom is 0.323 e. The Labute approximate surface area is 297 Å². The zero-order chi connectivity index (χ0) is 37.2. The number of nitrogens with two attached hydrogens (primary N) is 1. The number of rotatable bonds is 13. The SMILES string of the molecule is C=C(/C=C\C(Cl)=C/C)Oc1ccc(NC(=O)c2ccc(C(C)NC(=C/C)/C(=C\C)NC(=O)Nc3ccc(C(=N)N)cc3)cc2)cc1.CC(=O)O. The molecular formula is C38H43ClN6O5. The zero-order valence-electron chi connectivity index (χ0n) is 28.6. The van der Waals surface area contributed by atoms with Gasteiger partial charge < -0.3 is 36.8 Å². The maximum atomic E-state index is 12.9. The average Bonchev–Trinajstić information content (AvgIpc) is 3.09. The van der Waals surface area contributed by atoms with Crippen molar-refractivity contribution < 1.29 is 24.2 Å². The van der Waals surface area contributed by atoms with Crippen LogP contribution in [0.2, 0.25) is 0 Å². The number of urea groups is 1. The lowest BCUT2D eigenvalue weighted by atomic mass is 10.0. The first kappa shape index (κ1) is 40.1. The van der Waals surface area contributed by atoms with Gasteiger partial charge in [-0.3, -0.25) is 15.0 Å². The van der Waals surface area contributed by atoms with Gasteiger partial charge in [0, 0.05) is 40.5 Å². The number of amides is 3. The minimum atomic E-state index is -0.833. The van der Waals surface area contributed by atoms with Crippen LogP contribution in [0.25, 0.3) is 0 Å². The minimum Gasteiger partial charge on any atom is -0.481 e. The van der Waals surface area contributed by atoms with Crippen LogP contribution in [-0.2, 0) is 4.79 Å². The highest BCUT2D eigenvalue weighted by molar-refractivity contribution is 6.31. The van der Waals surface area contributed by atoms with E-state index < -0.39 is 12.0 Å². The third-order valence-electron chi connectivity index (χ3n) is 6.68. The van der Waals surface area contributed by atoms with Gasteiger partial charge in [-0.15, -0.1) is 0 Å². The number of aliphatic carboxylic acids is 1. The average molecular weight is 699 g/mol. The number of nitrogen functional groups attached to an aromatic ring is 1. The predicted molar refractivity (Wildman–Crippen MR) is 201 cm³/mol.